The van der Waals surface area contributed by atoms with E-state index in [9.17, 15) is 20.1 Å². The van der Waals surface area contributed by atoms with Crippen molar-refractivity contribution in [1.82, 2.24) is 9.55 Å². The lowest BCUT2D eigenvalue weighted by Crippen LogP contribution is -2.28. The molecule has 32 heavy (non-hydrogen) atoms. The largest absolute Gasteiger partial charge is 0.479 e. The molecule has 2 heterocycles. The number of pyridine rings is 1. The van der Waals surface area contributed by atoms with E-state index in [0.717, 1.165) is 22.2 Å². The molecule has 0 unspecified atom stereocenters. The molecule has 3 aromatic rings. The zero-order chi connectivity index (χ0) is 24.0. The number of ether oxygens (including phenoxy) is 1. The van der Waals surface area contributed by atoms with E-state index in [1.165, 1.54) is 0 Å². The van der Waals surface area contributed by atoms with E-state index in [1.54, 1.807) is 44.4 Å². The number of fused-ring (bicyclic) bond motifs is 1. The highest BCUT2D eigenvalue weighted by Crippen LogP contribution is 2.42. The highest BCUT2D eigenvalue weighted by Gasteiger charge is 2.33. The number of hydrogen-bond donors (Lipinski definition) is 3. The first kappa shape index (κ1) is 24.2. The van der Waals surface area contributed by atoms with E-state index >= 15 is 0 Å². The van der Waals surface area contributed by atoms with Crippen molar-refractivity contribution in [3.05, 3.63) is 51.8 Å². The van der Waals surface area contributed by atoms with Crippen LogP contribution in [-0.4, -0.2) is 42.7 Å². The van der Waals surface area contributed by atoms with Gasteiger partial charge in [0.05, 0.1) is 12.1 Å². The molecule has 0 bridgehead atoms. The van der Waals surface area contributed by atoms with Crippen LogP contribution < -0.4 is 0 Å². The number of carbonyl (C=O) groups is 1. The maximum Gasteiger partial charge on any atom is 0.337 e. The van der Waals surface area contributed by atoms with E-state index in [2.05, 4.69) is 0 Å². The highest BCUT2D eigenvalue weighted by atomic mass is 35.5. The van der Waals surface area contributed by atoms with Gasteiger partial charge in [-0.1, -0.05) is 23.7 Å². The third-order valence-electron chi connectivity index (χ3n) is 5.42. The molecule has 0 saturated carbocycles. The average Bonchev–Trinajstić information content (AvgIpc) is 2.89. The Balaban J connectivity index is 2.48. The summed E-state index contributed by atoms with van der Waals surface area (Å²) in [6.07, 6.45) is -2.80. The number of nitrogens with zero attached hydrogens (tertiary/aromatic N) is 2. The van der Waals surface area contributed by atoms with Gasteiger partial charge < -0.3 is 24.6 Å². The second kappa shape index (κ2) is 8.83. The topological polar surface area (TPSA) is 105 Å². The van der Waals surface area contributed by atoms with Crippen molar-refractivity contribution in [1.29, 1.82) is 0 Å². The van der Waals surface area contributed by atoms with Gasteiger partial charge in [0.25, 0.3) is 0 Å². The van der Waals surface area contributed by atoms with Crippen molar-refractivity contribution in [3.63, 3.8) is 0 Å². The summed E-state index contributed by atoms with van der Waals surface area (Å²) in [6, 6.07) is 7.17. The minimum atomic E-state index is -1.56. The molecule has 3 N–H and O–H groups in total. The Morgan fingerprint density at radius 2 is 1.75 bits per heavy atom. The number of carboxylic acids is 1. The fourth-order valence-electron chi connectivity index (χ4n) is 4.01. The maximum absolute atomic E-state index is 12.4. The van der Waals surface area contributed by atoms with Gasteiger partial charge in [0.15, 0.2) is 12.4 Å². The highest BCUT2D eigenvalue weighted by molar-refractivity contribution is 6.30. The molecule has 0 aliphatic rings. The number of halogens is 1. The maximum atomic E-state index is 12.4. The van der Waals surface area contributed by atoms with Crippen LogP contribution in [0.4, 0.5) is 0 Å². The molecule has 0 amide bonds. The minimum Gasteiger partial charge on any atom is -0.479 e. The molecule has 3 rings (SSSR count). The van der Waals surface area contributed by atoms with Gasteiger partial charge in [-0.05, 0) is 64.8 Å². The molecular weight excluding hydrogens is 432 g/mol. The van der Waals surface area contributed by atoms with Crippen LogP contribution in [0, 0.1) is 20.8 Å². The third-order valence-corrected chi connectivity index (χ3v) is 5.67. The second-order valence-corrected chi connectivity index (χ2v) is 9.38. The van der Waals surface area contributed by atoms with Gasteiger partial charge in [-0.25, -0.2) is 9.78 Å². The normalized spacial score (nSPS) is 13.2. The van der Waals surface area contributed by atoms with Crippen molar-refractivity contribution >= 4 is 28.6 Å². The van der Waals surface area contributed by atoms with Gasteiger partial charge in [0.1, 0.15) is 5.65 Å². The molecule has 0 fully saturated rings. The summed E-state index contributed by atoms with van der Waals surface area (Å²) in [6.45, 7) is 10.9. The van der Waals surface area contributed by atoms with E-state index in [-0.39, 0.29) is 6.54 Å². The van der Waals surface area contributed by atoms with Gasteiger partial charge in [-0.2, -0.15) is 0 Å². The molecule has 0 spiro atoms. The number of aliphatic hydroxyl groups excluding tert-OH is 1. The van der Waals surface area contributed by atoms with Crippen LogP contribution in [0.25, 0.3) is 22.2 Å². The predicted octanol–water partition coefficient (Wildman–Crippen LogP) is 4.53. The Morgan fingerprint density at radius 1 is 1.16 bits per heavy atom. The molecule has 0 aliphatic heterocycles. The molecule has 0 aliphatic carbocycles. The summed E-state index contributed by atoms with van der Waals surface area (Å²) in [4.78, 5) is 17.1. The standard InChI is InChI=1S/C24H29ClN2O5/c1-12-14(3)27(11-17(28)29)22-18(12)20(15-7-9-16(25)10-8-15)19(13(2)26-22)21(23(30)31)32-24(4,5)6/h7-10,17,21,28-29H,11H2,1-6H3,(H,30,31)/t21-/m0/s1. The lowest BCUT2D eigenvalue weighted by Gasteiger charge is -2.28. The van der Waals surface area contributed by atoms with Crippen LogP contribution >= 0.6 is 11.6 Å². The van der Waals surface area contributed by atoms with E-state index in [4.69, 9.17) is 21.3 Å². The molecule has 1 atom stereocenters. The Kier molecular flexibility index (Phi) is 6.67. The van der Waals surface area contributed by atoms with E-state index < -0.39 is 24.0 Å². The number of aliphatic hydroxyl groups is 2. The number of aliphatic carboxylic acids is 1. The molecule has 172 valence electrons. The van der Waals surface area contributed by atoms with Crippen molar-refractivity contribution in [2.24, 2.45) is 0 Å². The number of hydrogen-bond acceptors (Lipinski definition) is 5. The van der Waals surface area contributed by atoms with Gasteiger partial charge in [-0.15, -0.1) is 0 Å². The number of benzene rings is 1. The lowest BCUT2D eigenvalue weighted by atomic mass is 9.91. The van der Waals surface area contributed by atoms with Crippen LogP contribution in [0.5, 0.6) is 0 Å². The van der Waals surface area contributed by atoms with E-state index in [0.29, 0.717) is 27.5 Å². The number of aromatic nitrogens is 2. The van der Waals surface area contributed by atoms with Crippen molar-refractivity contribution in [2.45, 2.75) is 66.1 Å². The smallest absolute Gasteiger partial charge is 0.337 e. The number of carboxylic acid groups (broad SMARTS) is 1. The quantitative estimate of drug-likeness (QED) is 0.466. The Morgan fingerprint density at radius 3 is 2.25 bits per heavy atom. The number of aryl methyl sites for hydroxylation is 2. The van der Waals surface area contributed by atoms with Crippen LogP contribution in [0.3, 0.4) is 0 Å². The fourth-order valence-corrected chi connectivity index (χ4v) is 4.13. The third kappa shape index (κ3) is 4.66. The fraction of sp³-hybridized carbons (Fsp3) is 0.417. The first-order chi connectivity index (χ1) is 14.8. The number of rotatable bonds is 6. The van der Waals surface area contributed by atoms with Crippen LogP contribution in [0.1, 0.15) is 49.4 Å². The van der Waals surface area contributed by atoms with E-state index in [1.807, 2.05) is 26.0 Å². The predicted molar refractivity (Wildman–Crippen MR) is 124 cm³/mol. The molecule has 0 radical (unpaired) electrons. The second-order valence-electron chi connectivity index (χ2n) is 8.94. The summed E-state index contributed by atoms with van der Waals surface area (Å²) in [7, 11) is 0. The Labute approximate surface area is 192 Å². The molecule has 8 heteroatoms. The zero-order valence-corrected chi connectivity index (χ0v) is 19.9. The van der Waals surface area contributed by atoms with Gasteiger partial charge >= 0.3 is 5.97 Å². The van der Waals surface area contributed by atoms with Gasteiger partial charge in [-0.3, -0.25) is 0 Å². The summed E-state index contributed by atoms with van der Waals surface area (Å²) < 4.78 is 7.73. The first-order valence-corrected chi connectivity index (χ1v) is 10.7. The summed E-state index contributed by atoms with van der Waals surface area (Å²) in [5.41, 5.74) is 3.95. The summed E-state index contributed by atoms with van der Waals surface area (Å²) in [5, 5.41) is 30.7. The Bertz CT molecular complexity index is 1160. The molecular formula is C24H29ClN2O5. The summed E-state index contributed by atoms with van der Waals surface area (Å²) >= 11 is 6.12. The molecule has 1 aromatic carbocycles. The van der Waals surface area contributed by atoms with Gasteiger partial charge in [0, 0.05) is 32.9 Å². The minimum absolute atomic E-state index is 0.0527. The SMILES string of the molecule is Cc1nc2c(c(C)c(C)n2CC(O)O)c(-c2ccc(Cl)cc2)c1[C@H](OC(C)(C)C)C(=O)O. The van der Waals surface area contributed by atoms with Gasteiger partial charge in [0.2, 0.25) is 0 Å². The zero-order valence-electron chi connectivity index (χ0n) is 19.1. The Hall–Kier alpha value is -2.45. The molecule has 2 aromatic heterocycles. The van der Waals surface area contributed by atoms with Crippen LogP contribution in [-0.2, 0) is 16.1 Å². The molecule has 7 nitrogen and oxygen atoms in total. The van der Waals surface area contributed by atoms with Crippen molar-refractivity contribution < 1.29 is 24.9 Å². The monoisotopic (exact) mass is 460 g/mol. The summed E-state index contributed by atoms with van der Waals surface area (Å²) in [5.74, 6) is -1.11. The lowest BCUT2D eigenvalue weighted by molar-refractivity contribution is -0.160. The van der Waals surface area contributed by atoms with Crippen LogP contribution in [0.15, 0.2) is 24.3 Å². The van der Waals surface area contributed by atoms with Crippen molar-refractivity contribution in [3.8, 4) is 11.1 Å². The van der Waals surface area contributed by atoms with Crippen LogP contribution in [0.2, 0.25) is 5.02 Å². The first-order valence-electron chi connectivity index (χ1n) is 10.3. The molecule has 0 saturated heterocycles. The average molecular weight is 461 g/mol. The van der Waals surface area contributed by atoms with Crippen molar-refractivity contribution in [2.75, 3.05) is 0 Å².